The molecular formula is C17H27N3. The molecule has 0 spiro atoms. The van der Waals surface area contributed by atoms with Crippen LogP contribution in [-0.2, 0) is 6.54 Å². The molecule has 2 aliphatic rings. The Morgan fingerprint density at radius 1 is 1.10 bits per heavy atom. The van der Waals surface area contributed by atoms with Gasteiger partial charge in [0.05, 0.1) is 0 Å². The minimum Gasteiger partial charge on any atom is -0.306 e. The van der Waals surface area contributed by atoms with Crippen LogP contribution in [0.15, 0.2) is 18.5 Å². The van der Waals surface area contributed by atoms with E-state index in [1.54, 1.807) is 0 Å². The summed E-state index contributed by atoms with van der Waals surface area (Å²) in [6, 6.07) is 2.41. The Labute approximate surface area is 123 Å². The van der Waals surface area contributed by atoms with Gasteiger partial charge in [0, 0.05) is 25.5 Å². The van der Waals surface area contributed by atoms with Gasteiger partial charge >= 0.3 is 0 Å². The average Bonchev–Trinajstić information content (AvgIpc) is 2.49. The molecule has 20 heavy (non-hydrogen) atoms. The number of hydrogen-bond acceptors (Lipinski definition) is 3. The Bertz CT molecular complexity index is 426. The van der Waals surface area contributed by atoms with Crippen molar-refractivity contribution in [2.45, 2.75) is 44.6 Å². The number of rotatable bonds is 3. The van der Waals surface area contributed by atoms with Crippen LogP contribution in [-0.4, -0.2) is 48.0 Å². The quantitative estimate of drug-likeness (QED) is 0.844. The Balaban J connectivity index is 1.65. The van der Waals surface area contributed by atoms with Crippen LogP contribution in [0.2, 0.25) is 0 Å². The van der Waals surface area contributed by atoms with Gasteiger partial charge in [-0.3, -0.25) is 9.88 Å². The molecule has 1 unspecified atom stereocenters. The lowest BCUT2D eigenvalue weighted by molar-refractivity contribution is 0.220. The number of piperidine rings is 2. The minimum absolute atomic E-state index is 0.683. The van der Waals surface area contributed by atoms with E-state index < -0.39 is 0 Å². The van der Waals surface area contributed by atoms with Crippen LogP contribution >= 0.6 is 0 Å². The first kappa shape index (κ1) is 14.0. The lowest BCUT2D eigenvalue weighted by atomic mass is 9.91. The van der Waals surface area contributed by atoms with Crippen LogP contribution in [0.3, 0.4) is 0 Å². The lowest BCUT2D eigenvalue weighted by Gasteiger charge is -2.30. The molecule has 1 aromatic rings. The molecule has 110 valence electrons. The Hall–Kier alpha value is -0.930. The number of pyridine rings is 1. The van der Waals surface area contributed by atoms with Gasteiger partial charge in [-0.2, -0.15) is 0 Å². The van der Waals surface area contributed by atoms with Gasteiger partial charge < -0.3 is 4.90 Å². The molecule has 2 fully saturated rings. The predicted molar refractivity (Wildman–Crippen MR) is 82.8 cm³/mol. The van der Waals surface area contributed by atoms with Crippen molar-refractivity contribution in [2.75, 3.05) is 33.2 Å². The van der Waals surface area contributed by atoms with Crippen molar-refractivity contribution >= 4 is 0 Å². The Morgan fingerprint density at radius 2 is 1.95 bits per heavy atom. The normalized spacial score (nSPS) is 25.8. The fraction of sp³-hybridized carbons (Fsp3) is 0.706. The summed E-state index contributed by atoms with van der Waals surface area (Å²) in [5.74, 6) is 0.683. The summed E-state index contributed by atoms with van der Waals surface area (Å²) in [6.45, 7) is 6.04. The molecule has 3 heteroatoms. The van der Waals surface area contributed by atoms with Crippen LogP contribution in [0.1, 0.15) is 49.1 Å². The molecule has 1 aromatic heterocycles. The summed E-state index contributed by atoms with van der Waals surface area (Å²) in [5, 5.41) is 0. The third kappa shape index (κ3) is 3.58. The SMILES string of the molecule is CN1CCCC(c2cncc(CN3CCCCC3)c2)C1. The van der Waals surface area contributed by atoms with E-state index in [-0.39, 0.29) is 0 Å². The molecule has 0 radical (unpaired) electrons. The molecule has 2 aliphatic heterocycles. The van der Waals surface area contributed by atoms with Gasteiger partial charge in [-0.05, 0) is 69.4 Å². The van der Waals surface area contributed by atoms with E-state index in [0.717, 1.165) is 6.54 Å². The van der Waals surface area contributed by atoms with Crippen LogP contribution < -0.4 is 0 Å². The number of aromatic nitrogens is 1. The molecule has 2 saturated heterocycles. The maximum absolute atomic E-state index is 4.51. The van der Waals surface area contributed by atoms with E-state index in [1.165, 1.54) is 69.4 Å². The first-order valence-electron chi connectivity index (χ1n) is 8.16. The summed E-state index contributed by atoms with van der Waals surface area (Å²) in [4.78, 5) is 9.54. The summed E-state index contributed by atoms with van der Waals surface area (Å²) >= 11 is 0. The van der Waals surface area contributed by atoms with E-state index in [1.807, 2.05) is 0 Å². The Morgan fingerprint density at radius 3 is 2.75 bits per heavy atom. The molecule has 0 bridgehead atoms. The van der Waals surface area contributed by atoms with Gasteiger partial charge in [-0.25, -0.2) is 0 Å². The molecule has 0 saturated carbocycles. The highest BCUT2D eigenvalue weighted by molar-refractivity contribution is 5.22. The molecular weight excluding hydrogens is 246 g/mol. The Kier molecular flexibility index (Phi) is 4.69. The van der Waals surface area contributed by atoms with Crippen molar-refractivity contribution in [1.82, 2.24) is 14.8 Å². The van der Waals surface area contributed by atoms with Gasteiger partial charge in [0.15, 0.2) is 0 Å². The van der Waals surface area contributed by atoms with Crippen LogP contribution in [0, 0.1) is 0 Å². The van der Waals surface area contributed by atoms with Gasteiger partial charge in [0.25, 0.3) is 0 Å². The first-order chi connectivity index (χ1) is 9.81. The zero-order chi connectivity index (χ0) is 13.8. The summed E-state index contributed by atoms with van der Waals surface area (Å²) in [5.41, 5.74) is 2.85. The second-order valence-corrected chi connectivity index (χ2v) is 6.56. The number of nitrogens with zero attached hydrogens (tertiary/aromatic N) is 3. The van der Waals surface area contributed by atoms with E-state index in [4.69, 9.17) is 0 Å². The van der Waals surface area contributed by atoms with Crippen molar-refractivity contribution in [3.8, 4) is 0 Å². The summed E-state index contributed by atoms with van der Waals surface area (Å²) in [7, 11) is 2.23. The van der Waals surface area contributed by atoms with E-state index in [2.05, 4.69) is 40.3 Å². The van der Waals surface area contributed by atoms with Gasteiger partial charge in [0.2, 0.25) is 0 Å². The van der Waals surface area contributed by atoms with Crippen LogP contribution in [0.25, 0.3) is 0 Å². The zero-order valence-corrected chi connectivity index (χ0v) is 12.7. The smallest absolute Gasteiger partial charge is 0.0313 e. The molecule has 3 nitrogen and oxygen atoms in total. The highest BCUT2D eigenvalue weighted by Gasteiger charge is 2.19. The second kappa shape index (κ2) is 6.68. The highest BCUT2D eigenvalue weighted by Crippen LogP contribution is 2.26. The fourth-order valence-electron chi connectivity index (χ4n) is 3.63. The lowest BCUT2D eigenvalue weighted by Crippen LogP contribution is -2.31. The number of likely N-dealkylation sites (N-methyl/N-ethyl adjacent to an activating group) is 1. The summed E-state index contributed by atoms with van der Waals surface area (Å²) < 4.78 is 0. The van der Waals surface area contributed by atoms with Crippen LogP contribution in [0.5, 0.6) is 0 Å². The molecule has 0 aromatic carbocycles. The minimum atomic E-state index is 0.683. The maximum Gasteiger partial charge on any atom is 0.0313 e. The average molecular weight is 273 g/mol. The van der Waals surface area contributed by atoms with E-state index in [9.17, 15) is 0 Å². The van der Waals surface area contributed by atoms with Crippen molar-refractivity contribution in [3.63, 3.8) is 0 Å². The van der Waals surface area contributed by atoms with Gasteiger partial charge in [0.1, 0.15) is 0 Å². The highest BCUT2D eigenvalue weighted by atomic mass is 15.1. The molecule has 0 N–H and O–H groups in total. The first-order valence-corrected chi connectivity index (χ1v) is 8.16. The van der Waals surface area contributed by atoms with E-state index >= 15 is 0 Å². The van der Waals surface area contributed by atoms with Crippen molar-refractivity contribution in [1.29, 1.82) is 0 Å². The molecule has 0 amide bonds. The number of hydrogen-bond donors (Lipinski definition) is 0. The van der Waals surface area contributed by atoms with Crippen molar-refractivity contribution in [2.24, 2.45) is 0 Å². The van der Waals surface area contributed by atoms with Crippen LogP contribution in [0.4, 0.5) is 0 Å². The third-order valence-electron chi connectivity index (χ3n) is 4.77. The molecule has 3 rings (SSSR count). The summed E-state index contributed by atoms with van der Waals surface area (Å²) in [6.07, 6.45) is 10.9. The standard InChI is InChI=1S/C17H27N3/c1-19-7-5-6-16(14-19)17-10-15(11-18-12-17)13-20-8-3-2-4-9-20/h10-12,16H,2-9,13-14H2,1H3. The largest absolute Gasteiger partial charge is 0.306 e. The predicted octanol–water partition coefficient (Wildman–Crippen LogP) is 2.88. The van der Waals surface area contributed by atoms with Gasteiger partial charge in [-0.15, -0.1) is 0 Å². The zero-order valence-electron chi connectivity index (χ0n) is 12.7. The third-order valence-corrected chi connectivity index (χ3v) is 4.77. The van der Waals surface area contributed by atoms with E-state index in [0.29, 0.717) is 5.92 Å². The number of likely N-dealkylation sites (tertiary alicyclic amines) is 2. The second-order valence-electron chi connectivity index (χ2n) is 6.56. The monoisotopic (exact) mass is 273 g/mol. The van der Waals surface area contributed by atoms with Gasteiger partial charge in [-0.1, -0.05) is 12.5 Å². The molecule has 3 heterocycles. The van der Waals surface area contributed by atoms with Crippen molar-refractivity contribution < 1.29 is 0 Å². The fourth-order valence-corrected chi connectivity index (χ4v) is 3.63. The molecule has 0 aliphatic carbocycles. The molecule has 1 atom stereocenters. The maximum atomic E-state index is 4.51. The van der Waals surface area contributed by atoms with Crippen molar-refractivity contribution in [3.05, 3.63) is 29.6 Å². The topological polar surface area (TPSA) is 19.4 Å².